The van der Waals surface area contributed by atoms with Crippen LogP contribution in [-0.4, -0.2) is 53.9 Å². The molecule has 0 saturated carbocycles. The van der Waals surface area contributed by atoms with Gasteiger partial charge in [0.1, 0.15) is 11.4 Å². The molecule has 0 aliphatic carbocycles. The molecule has 3 aromatic rings. The molecular weight excluding hydrogens is 422 g/mol. The number of hydrogen-bond donors (Lipinski definition) is 2. The average Bonchev–Trinajstić information content (AvgIpc) is 3.12. The van der Waals surface area contributed by atoms with Gasteiger partial charge in [-0.2, -0.15) is 12.7 Å². The van der Waals surface area contributed by atoms with Gasteiger partial charge >= 0.3 is 10.2 Å². The smallest absolute Gasteiger partial charge is 0.301 e. The molecule has 0 radical (unpaired) electrons. The lowest BCUT2D eigenvalue weighted by Crippen LogP contribution is -2.32. The van der Waals surface area contributed by atoms with E-state index in [0.29, 0.717) is 11.5 Å². The van der Waals surface area contributed by atoms with Crippen LogP contribution in [0.15, 0.2) is 30.6 Å². The number of amides is 1. The highest BCUT2D eigenvalue weighted by atomic mass is 32.2. The fraction of sp³-hybridized carbons (Fsp3) is 0.235. The van der Waals surface area contributed by atoms with Crippen molar-refractivity contribution in [3.05, 3.63) is 47.8 Å². The third-order valence-electron chi connectivity index (χ3n) is 4.17. The molecule has 0 atom stereocenters. The first-order chi connectivity index (χ1) is 14.2. The van der Waals surface area contributed by atoms with E-state index in [1.54, 1.807) is 13.0 Å². The van der Waals surface area contributed by atoms with E-state index in [1.165, 1.54) is 31.1 Å². The van der Waals surface area contributed by atoms with Gasteiger partial charge in [-0.15, -0.1) is 5.10 Å². The second-order valence-corrected chi connectivity index (χ2v) is 7.87. The van der Waals surface area contributed by atoms with Crippen molar-refractivity contribution in [3.63, 3.8) is 0 Å². The van der Waals surface area contributed by atoms with Crippen molar-refractivity contribution in [1.82, 2.24) is 18.9 Å². The monoisotopic (exact) mass is 440 g/mol. The summed E-state index contributed by atoms with van der Waals surface area (Å²) in [5.41, 5.74) is -0.979. The zero-order valence-corrected chi connectivity index (χ0v) is 17.0. The zero-order chi connectivity index (χ0) is 22.1. The fourth-order valence-electron chi connectivity index (χ4n) is 2.44. The van der Waals surface area contributed by atoms with E-state index in [4.69, 9.17) is 4.74 Å². The summed E-state index contributed by atoms with van der Waals surface area (Å²) >= 11 is 0. The van der Waals surface area contributed by atoms with E-state index in [9.17, 15) is 22.0 Å². The molecule has 0 bridgehead atoms. The predicted octanol–water partition coefficient (Wildman–Crippen LogP) is 1.88. The Kier molecular flexibility index (Phi) is 5.85. The van der Waals surface area contributed by atoms with Crippen molar-refractivity contribution in [1.29, 1.82) is 0 Å². The highest BCUT2D eigenvalue weighted by Gasteiger charge is 2.24. The van der Waals surface area contributed by atoms with Crippen LogP contribution in [0, 0.1) is 11.6 Å². The lowest BCUT2D eigenvalue weighted by Gasteiger charge is -2.17. The number of carbonyl (C=O) groups excluding carboxylic acids is 1. The Bertz CT molecular complexity index is 1210. The number of rotatable bonds is 7. The number of aromatic nitrogens is 3. The van der Waals surface area contributed by atoms with Crippen molar-refractivity contribution >= 4 is 33.1 Å². The van der Waals surface area contributed by atoms with Crippen LogP contribution in [0.5, 0.6) is 5.88 Å². The number of nitrogens with zero attached hydrogens (tertiary/aromatic N) is 4. The number of benzene rings is 1. The number of fused-ring (bicyclic) bond motifs is 1. The van der Waals surface area contributed by atoms with Gasteiger partial charge in [0.05, 0.1) is 30.9 Å². The number of ether oxygens (including phenoxy) is 1. The molecule has 2 aromatic heterocycles. The van der Waals surface area contributed by atoms with Crippen LogP contribution < -0.4 is 14.8 Å². The molecule has 3 rings (SSSR count). The van der Waals surface area contributed by atoms with E-state index in [1.807, 2.05) is 4.72 Å². The van der Waals surface area contributed by atoms with Crippen LogP contribution in [0.3, 0.4) is 0 Å². The minimum atomic E-state index is -4.07. The highest BCUT2D eigenvalue weighted by Crippen LogP contribution is 2.24. The number of hydrogen-bond acceptors (Lipinski definition) is 6. The van der Waals surface area contributed by atoms with Gasteiger partial charge in [-0.1, -0.05) is 6.92 Å². The Balaban J connectivity index is 1.90. The third kappa shape index (κ3) is 4.16. The first-order valence-electron chi connectivity index (χ1n) is 8.59. The van der Waals surface area contributed by atoms with Gasteiger partial charge in [-0.25, -0.2) is 18.3 Å². The molecule has 30 heavy (non-hydrogen) atoms. The zero-order valence-electron chi connectivity index (χ0n) is 16.2. The van der Waals surface area contributed by atoms with Gasteiger partial charge in [-0.3, -0.25) is 9.52 Å². The number of methoxy groups -OCH3 is 1. The maximum atomic E-state index is 14.8. The summed E-state index contributed by atoms with van der Waals surface area (Å²) in [7, 11) is -1.36. The molecule has 0 spiro atoms. The van der Waals surface area contributed by atoms with Gasteiger partial charge in [0, 0.05) is 19.7 Å². The minimum Gasteiger partial charge on any atom is -0.480 e. The minimum absolute atomic E-state index is 0.105. The van der Waals surface area contributed by atoms with E-state index < -0.39 is 39.0 Å². The quantitative estimate of drug-likeness (QED) is 0.579. The average molecular weight is 440 g/mol. The molecule has 0 aliphatic rings. The summed E-state index contributed by atoms with van der Waals surface area (Å²) in [6.07, 6.45) is 2.65. The summed E-state index contributed by atoms with van der Waals surface area (Å²) in [6.45, 7) is 1.71. The molecule has 1 amide bonds. The van der Waals surface area contributed by atoms with Crippen LogP contribution in [0.4, 0.5) is 20.2 Å². The Morgan fingerprint density at radius 3 is 2.73 bits per heavy atom. The second-order valence-electron chi connectivity index (χ2n) is 6.09. The standard InChI is InChI=1S/C17H18F2N6O4S/c1-4-24(2)30(27,28)23-12-6-5-11(18)15(16(12)19)17(26)21-10-8-20-13-7-14(29-3)22-25(13)9-10/h5-9,23H,4H2,1-3H3,(H,21,26). The normalized spacial score (nSPS) is 11.7. The predicted molar refractivity (Wildman–Crippen MR) is 105 cm³/mol. The summed E-state index contributed by atoms with van der Waals surface area (Å²) in [5, 5.41) is 6.35. The summed E-state index contributed by atoms with van der Waals surface area (Å²) < 4.78 is 62.4. The fourth-order valence-corrected chi connectivity index (χ4v) is 3.37. The van der Waals surface area contributed by atoms with Gasteiger partial charge in [-0.05, 0) is 12.1 Å². The highest BCUT2D eigenvalue weighted by molar-refractivity contribution is 7.90. The molecule has 2 N–H and O–H groups in total. The van der Waals surface area contributed by atoms with Gasteiger partial charge in [0.2, 0.25) is 5.88 Å². The van der Waals surface area contributed by atoms with Crippen molar-refractivity contribution in [2.45, 2.75) is 6.92 Å². The van der Waals surface area contributed by atoms with Crippen LogP contribution in [0.25, 0.3) is 5.65 Å². The Hall–Kier alpha value is -3.32. The maximum Gasteiger partial charge on any atom is 0.301 e. The van der Waals surface area contributed by atoms with E-state index in [-0.39, 0.29) is 12.2 Å². The molecule has 0 unspecified atom stereocenters. The molecule has 0 fully saturated rings. The van der Waals surface area contributed by atoms with Crippen molar-refractivity contribution in [2.24, 2.45) is 0 Å². The van der Waals surface area contributed by atoms with Crippen LogP contribution in [-0.2, 0) is 10.2 Å². The Morgan fingerprint density at radius 2 is 2.07 bits per heavy atom. The molecule has 160 valence electrons. The summed E-state index contributed by atoms with van der Waals surface area (Å²) in [6, 6.07) is 3.24. The lowest BCUT2D eigenvalue weighted by atomic mass is 10.1. The Morgan fingerprint density at radius 1 is 1.33 bits per heavy atom. The molecule has 13 heteroatoms. The molecule has 2 heterocycles. The largest absolute Gasteiger partial charge is 0.480 e. The van der Waals surface area contributed by atoms with Crippen LogP contribution in [0.2, 0.25) is 0 Å². The number of nitrogens with one attached hydrogen (secondary N) is 2. The molecule has 0 saturated heterocycles. The van der Waals surface area contributed by atoms with Gasteiger partial charge < -0.3 is 10.1 Å². The summed E-state index contributed by atoms with van der Waals surface area (Å²) in [4.78, 5) is 16.6. The number of carbonyl (C=O) groups is 1. The number of halogens is 2. The van der Waals surface area contributed by atoms with Crippen molar-refractivity contribution < 1.29 is 26.7 Å². The second kappa shape index (κ2) is 8.20. The van der Waals surface area contributed by atoms with E-state index in [2.05, 4.69) is 15.4 Å². The number of anilines is 2. The van der Waals surface area contributed by atoms with Crippen LogP contribution >= 0.6 is 0 Å². The Labute approximate surface area is 170 Å². The van der Waals surface area contributed by atoms with Crippen LogP contribution in [0.1, 0.15) is 17.3 Å². The third-order valence-corrected chi connectivity index (χ3v) is 5.73. The van der Waals surface area contributed by atoms with Crippen molar-refractivity contribution in [2.75, 3.05) is 30.7 Å². The molecule has 0 aliphatic heterocycles. The van der Waals surface area contributed by atoms with E-state index >= 15 is 0 Å². The van der Waals surface area contributed by atoms with Crippen molar-refractivity contribution in [3.8, 4) is 5.88 Å². The molecule has 1 aromatic carbocycles. The summed E-state index contributed by atoms with van der Waals surface area (Å²) in [5.74, 6) is -3.35. The molecular formula is C17H18F2N6O4S. The van der Waals surface area contributed by atoms with Gasteiger partial charge in [0.15, 0.2) is 11.5 Å². The lowest BCUT2D eigenvalue weighted by molar-refractivity contribution is 0.101. The SMILES string of the molecule is CCN(C)S(=O)(=O)Nc1ccc(F)c(C(=O)Nc2cnc3cc(OC)nn3c2)c1F. The van der Waals surface area contributed by atoms with E-state index in [0.717, 1.165) is 16.4 Å². The molecule has 10 nitrogen and oxygen atoms in total. The first kappa shape index (κ1) is 21.4. The first-order valence-corrected chi connectivity index (χ1v) is 10.0. The van der Waals surface area contributed by atoms with Gasteiger partial charge in [0.25, 0.3) is 5.91 Å². The maximum absolute atomic E-state index is 14.8. The topological polar surface area (TPSA) is 118 Å².